The molecular formula is C21H29NO. The summed E-state index contributed by atoms with van der Waals surface area (Å²) in [6, 6.07) is 18.5. The smallest absolute Gasteiger partial charge is 0.120 e. The Morgan fingerprint density at radius 3 is 2.26 bits per heavy atom. The molecule has 2 heteroatoms. The fourth-order valence-electron chi connectivity index (χ4n) is 3.35. The molecule has 0 aliphatic heterocycles. The van der Waals surface area contributed by atoms with Gasteiger partial charge in [-0.1, -0.05) is 75.2 Å². The molecule has 0 spiro atoms. The molecule has 0 amide bonds. The van der Waals surface area contributed by atoms with Gasteiger partial charge in [0.15, 0.2) is 0 Å². The fourth-order valence-corrected chi connectivity index (χ4v) is 3.35. The molecule has 0 fully saturated rings. The van der Waals surface area contributed by atoms with Crippen molar-refractivity contribution in [1.29, 1.82) is 0 Å². The molecule has 2 rings (SSSR count). The number of unbranched alkanes of at least 4 members (excludes halogenated alkanes) is 1. The molecular weight excluding hydrogens is 282 g/mol. The van der Waals surface area contributed by atoms with E-state index in [1.807, 2.05) is 18.2 Å². The second kappa shape index (κ2) is 8.16. The Balaban J connectivity index is 2.35. The first kappa shape index (κ1) is 17.6. The Labute approximate surface area is 140 Å². The average molecular weight is 311 g/mol. The van der Waals surface area contributed by atoms with Crippen LogP contribution in [-0.2, 0) is 5.54 Å². The highest BCUT2D eigenvalue weighted by Gasteiger charge is 2.33. The number of nitrogens with one attached hydrogen (secondary N) is 1. The second-order valence-corrected chi connectivity index (χ2v) is 6.33. The van der Waals surface area contributed by atoms with E-state index in [4.69, 9.17) is 0 Å². The molecule has 0 radical (unpaired) electrons. The van der Waals surface area contributed by atoms with Gasteiger partial charge >= 0.3 is 0 Å². The number of benzene rings is 2. The highest BCUT2D eigenvalue weighted by Crippen LogP contribution is 2.38. The molecule has 2 nitrogen and oxygen atoms in total. The predicted molar refractivity (Wildman–Crippen MR) is 97.6 cm³/mol. The van der Waals surface area contributed by atoms with Crippen molar-refractivity contribution in [3.8, 4) is 5.75 Å². The molecule has 0 bridgehead atoms. The van der Waals surface area contributed by atoms with E-state index in [2.05, 4.69) is 56.4 Å². The van der Waals surface area contributed by atoms with Crippen LogP contribution in [0.4, 0.5) is 0 Å². The minimum Gasteiger partial charge on any atom is -0.508 e. The SMILES string of the molecule is CCCC[C@](CC)(N[C@H](C)c1ccccc1)c1ccccc1O. The summed E-state index contributed by atoms with van der Waals surface area (Å²) in [7, 11) is 0. The molecule has 23 heavy (non-hydrogen) atoms. The second-order valence-electron chi connectivity index (χ2n) is 6.33. The summed E-state index contributed by atoms with van der Waals surface area (Å²) in [6.07, 6.45) is 4.25. The van der Waals surface area contributed by atoms with Gasteiger partial charge in [0.2, 0.25) is 0 Å². The molecule has 0 aliphatic rings. The summed E-state index contributed by atoms with van der Waals surface area (Å²) in [5.41, 5.74) is 2.09. The number of aromatic hydroxyl groups is 1. The molecule has 124 valence electrons. The first-order valence-corrected chi connectivity index (χ1v) is 8.74. The maximum Gasteiger partial charge on any atom is 0.120 e. The molecule has 2 aromatic carbocycles. The van der Waals surface area contributed by atoms with Crippen LogP contribution in [0.15, 0.2) is 54.6 Å². The maximum atomic E-state index is 10.4. The van der Waals surface area contributed by atoms with E-state index < -0.39 is 0 Å². The first-order valence-electron chi connectivity index (χ1n) is 8.74. The molecule has 0 unspecified atom stereocenters. The number of para-hydroxylation sites is 1. The van der Waals surface area contributed by atoms with E-state index >= 15 is 0 Å². The molecule has 2 N–H and O–H groups in total. The molecule has 2 aromatic rings. The van der Waals surface area contributed by atoms with Gasteiger partial charge in [-0.05, 0) is 31.4 Å². The van der Waals surface area contributed by atoms with Gasteiger partial charge in [0, 0.05) is 17.1 Å². The van der Waals surface area contributed by atoms with Gasteiger partial charge in [0.1, 0.15) is 5.75 Å². The monoisotopic (exact) mass is 311 g/mol. The predicted octanol–water partition coefficient (Wildman–Crippen LogP) is 5.54. The van der Waals surface area contributed by atoms with Crippen molar-refractivity contribution in [2.45, 2.75) is 58.0 Å². The summed E-state index contributed by atoms with van der Waals surface area (Å²) >= 11 is 0. The molecule has 0 aliphatic carbocycles. The molecule has 0 heterocycles. The summed E-state index contributed by atoms with van der Waals surface area (Å²) in [4.78, 5) is 0. The van der Waals surface area contributed by atoms with Gasteiger partial charge in [0.25, 0.3) is 0 Å². The van der Waals surface area contributed by atoms with Crippen LogP contribution in [0.5, 0.6) is 5.75 Å². The van der Waals surface area contributed by atoms with Crippen molar-refractivity contribution in [1.82, 2.24) is 5.32 Å². The van der Waals surface area contributed by atoms with Crippen LogP contribution in [0.1, 0.15) is 63.6 Å². The summed E-state index contributed by atoms with van der Waals surface area (Å²) in [5.74, 6) is 0.387. The number of hydrogen-bond acceptors (Lipinski definition) is 2. The lowest BCUT2D eigenvalue weighted by atomic mass is 9.81. The maximum absolute atomic E-state index is 10.4. The Kier molecular flexibility index (Phi) is 6.23. The normalized spacial score (nSPS) is 15.1. The van der Waals surface area contributed by atoms with Crippen LogP contribution < -0.4 is 5.32 Å². The summed E-state index contributed by atoms with van der Waals surface area (Å²) in [6.45, 7) is 6.62. The van der Waals surface area contributed by atoms with Gasteiger partial charge in [-0.15, -0.1) is 0 Å². The molecule has 0 saturated heterocycles. The van der Waals surface area contributed by atoms with Crippen molar-refractivity contribution >= 4 is 0 Å². The van der Waals surface area contributed by atoms with Crippen LogP contribution in [0.25, 0.3) is 0 Å². The van der Waals surface area contributed by atoms with Crippen LogP contribution in [-0.4, -0.2) is 5.11 Å². The zero-order valence-electron chi connectivity index (χ0n) is 14.5. The lowest BCUT2D eigenvalue weighted by Crippen LogP contribution is -2.43. The van der Waals surface area contributed by atoms with Crippen molar-refractivity contribution in [2.75, 3.05) is 0 Å². The topological polar surface area (TPSA) is 32.3 Å². The lowest BCUT2D eigenvalue weighted by Gasteiger charge is -2.38. The molecule has 2 atom stereocenters. The Hall–Kier alpha value is -1.80. The van der Waals surface area contributed by atoms with Crippen LogP contribution in [0.2, 0.25) is 0 Å². The van der Waals surface area contributed by atoms with Crippen molar-refractivity contribution < 1.29 is 5.11 Å². The Bertz CT molecular complexity index is 596. The third kappa shape index (κ3) is 4.14. The van der Waals surface area contributed by atoms with E-state index in [-0.39, 0.29) is 11.6 Å². The number of rotatable bonds is 8. The summed E-state index contributed by atoms with van der Waals surface area (Å²) in [5, 5.41) is 14.2. The minimum atomic E-state index is -0.198. The van der Waals surface area contributed by atoms with Gasteiger partial charge in [-0.25, -0.2) is 0 Å². The Morgan fingerprint density at radius 2 is 1.65 bits per heavy atom. The zero-order chi connectivity index (χ0) is 16.7. The van der Waals surface area contributed by atoms with Gasteiger partial charge in [-0.3, -0.25) is 0 Å². The van der Waals surface area contributed by atoms with Crippen molar-refractivity contribution in [3.05, 3.63) is 65.7 Å². The fraction of sp³-hybridized carbons (Fsp3) is 0.429. The van der Waals surface area contributed by atoms with E-state index in [9.17, 15) is 5.11 Å². The van der Waals surface area contributed by atoms with Crippen LogP contribution >= 0.6 is 0 Å². The van der Waals surface area contributed by atoms with E-state index in [1.165, 1.54) is 5.56 Å². The van der Waals surface area contributed by atoms with Crippen LogP contribution in [0.3, 0.4) is 0 Å². The van der Waals surface area contributed by atoms with Gasteiger partial charge < -0.3 is 10.4 Å². The highest BCUT2D eigenvalue weighted by molar-refractivity contribution is 5.38. The first-order chi connectivity index (χ1) is 11.1. The Morgan fingerprint density at radius 1 is 1.00 bits per heavy atom. The van der Waals surface area contributed by atoms with Crippen molar-refractivity contribution in [3.63, 3.8) is 0 Å². The van der Waals surface area contributed by atoms with Crippen LogP contribution in [0, 0.1) is 0 Å². The van der Waals surface area contributed by atoms with E-state index in [0.717, 1.165) is 31.2 Å². The van der Waals surface area contributed by atoms with Crippen molar-refractivity contribution in [2.24, 2.45) is 0 Å². The largest absolute Gasteiger partial charge is 0.508 e. The minimum absolute atomic E-state index is 0.198. The standard InChI is InChI=1S/C21H29NO/c1-4-6-16-21(5-2,19-14-10-11-15-20(19)23)22-17(3)18-12-8-7-9-13-18/h7-15,17,22-23H,4-6,16H2,1-3H3/t17-,21+/m1/s1. The third-order valence-electron chi connectivity index (χ3n) is 4.77. The third-order valence-corrected chi connectivity index (χ3v) is 4.77. The zero-order valence-corrected chi connectivity index (χ0v) is 14.5. The van der Waals surface area contributed by atoms with E-state index in [0.29, 0.717) is 5.75 Å². The average Bonchev–Trinajstić information content (AvgIpc) is 2.60. The van der Waals surface area contributed by atoms with Gasteiger partial charge in [0.05, 0.1) is 0 Å². The number of phenols is 1. The summed E-state index contributed by atoms with van der Waals surface area (Å²) < 4.78 is 0. The number of hydrogen-bond donors (Lipinski definition) is 2. The van der Waals surface area contributed by atoms with Gasteiger partial charge in [-0.2, -0.15) is 0 Å². The van der Waals surface area contributed by atoms with E-state index in [1.54, 1.807) is 6.07 Å². The number of phenolic OH excluding ortho intramolecular Hbond substituents is 1. The molecule has 0 aromatic heterocycles. The highest BCUT2D eigenvalue weighted by atomic mass is 16.3. The quantitative estimate of drug-likeness (QED) is 0.671. The lowest BCUT2D eigenvalue weighted by molar-refractivity contribution is 0.252. The molecule has 0 saturated carbocycles.